The van der Waals surface area contributed by atoms with Crippen LogP contribution in [0.4, 0.5) is 13.2 Å². The molecule has 0 bridgehead atoms. The summed E-state index contributed by atoms with van der Waals surface area (Å²) in [6.07, 6.45) is -1.96. The van der Waals surface area contributed by atoms with E-state index in [2.05, 4.69) is 10.3 Å². The first-order valence-corrected chi connectivity index (χ1v) is 12.2. The van der Waals surface area contributed by atoms with Gasteiger partial charge in [-0.3, -0.25) is 4.98 Å². The zero-order valence-corrected chi connectivity index (χ0v) is 21.9. The SMILES string of the molecule is CC1=C(C(=O)OCCOC(=O)c2cccnc2)C(c2ccccc2C(F)(F)F)C(C(=O)OCC(C)C)=C(C)N1. The quantitative estimate of drug-likeness (QED) is 0.268. The number of aromatic nitrogens is 1. The van der Waals surface area contributed by atoms with Crippen molar-refractivity contribution in [1.82, 2.24) is 10.3 Å². The fourth-order valence-electron chi connectivity index (χ4n) is 4.09. The Labute approximate surface area is 223 Å². The van der Waals surface area contributed by atoms with Gasteiger partial charge in [0.2, 0.25) is 0 Å². The maximum absolute atomic E-state index is 14.0. The number of nitrogens with one attached hydrogen (secondary N) is 1. The second-order valence-corrected chi connectivity index (χ2v) is 9.23. The number of dihydropyridines is 1. The third-order valence-electron chi connectivity index (χ3n) is 5.77. The van der Waals surface area contributed by atoms with E-state index in [-0.39, 0.29) is 59.4 Å². The van der Waals surface area contributed by atoms with Gasteiger partial charge in [0.05, 0.1) is 34.8 Å². The first-order chi connectivity index (χ1) is 18.4. The molecule has 39 heavy (non-hydrogen) atoms. The lowest BCUT2D eigenvalue weighted by atomic mass is 9.78. The summed E-state index contributed by atoms with van der Waals surface area (Å²) < 4.78 is 57.9. The molecule has 208 valence electrons. The predicted molar refractivity (Wildman–Crippen MR) is 134 cm³/mol. The summed E-state index contributed by atoms with van der Waals surface area (Å²) in [4.78, 5) is 42.4. The van der Waals surface area contributed by atoms with Crippen molar-refractivity contribution in [3.8, 4) is 0 Å². The van der Waals surface area contributed by atoms with Crippen LogP contribution in [0.2, 0.25) is 0 Å². The van der Waals surface area contributed by atoms with Gasteiger partial charge in [0.25, 0.3) is 0 Å². The highest BCUT2D eigenvalue weighted by Gasteiger charge is 2.43. The molecule has 1 aliphatic rings. The minimum absolute atomic E-state index is 0.0246. The number of pyridine rings is 1. The number of allylic oxidation sites excluding steroid dienone is 2. The van der Waals surface area contributed by atoms with Gasteiger partial charge in [-0.2, -0.15) is 13.2 Å². The van der Waals surface area contributed by atoms with Crippen molar-refractivity contribution < 1.29 is 41.8 Å². The fraction of sp³-hybridized carbons (Fsp3) is 0.357. The number of rotatable bonds is 9. The van der Waals surface area contributed by atoms with Crippen LogP contribution in [0.3, 0.4) is 0 Å². The normalized spacial score (nSPS) is 15.6. The van der Waals surface area contributed by atoms with Crippen molar-refractivity contribution in [1.29, 1.82) is 0 Å². The van der Waals surface area contributed by atoms with E-state index in [4.69, 9.17) is 14.2 Å². The van der Waals surface area contributed by atoms with Crippen molar-refractivity contribution >= 4 is 17.9 Å². The molecule has 0 amide bonds. The average Bonchev–Trinajstić information content (AvgIpc) is 2.89. The lowest BCUT2D eigenvalue weighted by molar-refractivity contribution is -0.143. The Hall–Kier alpha value is -4.15. The molecule has 1 atom stereocenters. The van der Waals surface area contributed by atoms with Gasteiger partial charge in [-0.15, -0.1) is 0 Å². The second-order valence-electron chi connectivity index (χ2n) is 9.23. The van der Waals surface area contributed by atoms with E-state index in [0.717, 1.165) is 6.07 Å². The molecule has 0 fully saturated rings. The van der Waals surface area contributed by atoms with Crippen LogP contribution in [-0.2, 0) is 30.0 Å². The lowest BCUT2D eigenvalue weighted by Crippen LogP contribution is -2.34. The lowest BCUT2D eigenvalue weighted by Gasteiger charge is -2.32. The highest BCUT2D eigenvalue weighted by atomic mass is 19.4. The second kappa shape index (κ2) is 12.6. The number of carbonyl (C=O) groups excluding carboxylic acids is 3. The van der Waals surface area contributed by atoms with Crippen LogP contribution in [0, 0.1) is 5.92 Å². The molecule has 0 saturated heterocycles. The average molecular weight is 547 g/mol. The molecular weight excluding hydrogens is 517 g/mol. The fourth-order valence-corrected chi connectivity index (χ4v) is 4.09. The summed E-state index contributed by atoms with van der Waals surface area (Å²) in [5.74, 6) is -3.95. The highest BCUT2D eigenvalue weighted by Crippen LogP contribution is 2.44. The first-order valence-electron chi connectivity index (χ1n) is 12.2. The van der Waals surface area contributed by atoms with Gasteiger partial charge in [0, 0.05) is 23.8 Å². The molecule has 8 nitrogen and oxygen atoms in total. The number of esters is 3. The van der Waals surface area contributed by atoms with Gasteiger partial charge >= 0.3 is 24.1 Å². The van der Waals surface area contributed by atoms with Gasteiger partial charge in [-0.25, -0.2) is 14.4 Å². The minimum Gasteiger partial charge on any atom is -0.462 e. The third-order valence-corrected chi connectivity index (χ3v) is 5.77. The number of halogens is 3. The van der Waals surface area contributed by atoms with Gasteiger partial charge < -0.3 is 19.5 Å². The molecule has 0 aliphatic carbocycles. The zero-order chi connectivity index (χ0) is 28.7. The Bertz CT molecular complexity index is 1290. The predicted octanol–water partition coefficient (Wildman–Crippen LogP) is 4.93. The molecule has 1 aromatic heterocycles. The molecule has 0 spiro atoms. The molecule has 1 aromatic carbocycles. The number of hydrogen-bond donors (Lipinski definition) is 1. The van der Waals surface area contributed by atoms with E-state index in [0.29, 0.717) is 0 Å². The Morgan fingerprint density at radius 3 is 2.05 bits per heavy atom. The standard InChI is InChI=1S/C28H29F3N2O6/c1-16(2)15-39-27(36)23-18(4)33-17(3)22(24(23)20-9-5-6-10-21(20)28(29,30)31)26(35)38-13-12-37-25(34)19-8-7-11-32-14-19/h5-11,14,16,24,33H,12-13,15H2,1-4H3. The van der Waals surface area contributed by atoms with E-state index in [1.807, 2.05) is 13.8 Å². The van der Waals surface area contributed by atoms with Crippen LogP contribution < -0.4 is 5.32 Å². The number of hydrogen-bond acceptors (Lipinski definition) is 8. The van der Waals surface area contributed by atoms with E-state index in [9.17, 15) is 27.6 Å². The van der Waals surface area contributed by atoms with Gasteiger partial charge in [0.15, 0.2) is 0 Å². The summed E-state index contributed by atoms with van der Waals surface area (Å²) in [6.45, 7) is 6.02. The number of benzene rings is 1. The molecular formula is C28H29F3N2O6. The van der Waals surface area contributed by atoms with Crippen LogP contribution in [0.15, 0.2) is 71.3 Å². The number of carbonyl (C=O) groups is 3. The van der Waals surface area contributed by atoms with Crippen LogP contribution in [0.5, 0.6) is 0 Å². The minimum atomic E-state index is -4.76. The highest BCUT2D eigenvalue weighted by molar-refractivity contribution is 6.00. The summed E-state index contributed by atoms with van der Waals surface area (Å²) in [5.41, 5.74) is -0.940. The molecule has 0 radical (unpaired) electrons. The first kappa shape index (κ1) is 29.4. The maximum atomic E-state index is 14.0. The molecule has 2 heterocycles. The Balaban J connectivity index is 1.91. The topological polar surface area (TPSA) is 104 Å². The smallest absolute Gasteiger partial charge is 0.416 e. The van der Waals surface area contributed by atoms with Gasteiger partial charge in [0.1, 0.15) is 13.2 Å². The van der Waals surface area contributed by atoms with Crippen molar-refractivity contribution in [3.63, 3.8) is 0 Å². The molecule has 1 aliphatic heterocycles. The van der Waals surface area contributed by atoms with Crippen LogP contribution in [0.1, 0.15) is 55.1 Å². The van der Waals surface area contributed by atoms with Gasteiger partial charge in [-0.1, -0.05) is 32.0 Å². The van der Waals surface area contributed by atoms with Crippen molar-refractivity contribution in [2.45, 2.75) is 39.8 Å². The summed E-state index contributed by atoms with van der Waals surface area (Å²) in [7, 11) is 0. The van der Waals surface area contributed by atoms with Crippen LogP contribution >= 0.6 is 0 Å². The maximum Gasteiger partial charge on any atom is 0.416 e. The summed E-state index contributed by atoms with van der Waals surface area (Å²) >= 11 is 0. The summed E-state index contributed by atoms with van der Waals surface area (Å²) in [6, 6.07) is 7.79. The largest absolute Gasteiger partial charge is 0.462 e. The van der Waals surface area contributed by atoms with E-state index in [1.165, 1.54) is 50.5 Å². The molecule has 11 heteroatoms. The van der Waals surface area contributed by atoms with Crippen LogP contribution in [0.25, 0.3) is 0 Å². The third kappa shape index (κ3) is 7.24. The van der Waals surface area contributed by atoms with Crippen molar-refractivity contribution in [2.75, 3.05) is 19.8 Å². The Morgan fingerprint density at radius 1 is 0.897 bits per heavy atom. The Kier molecular flexibility index (Phi) is 9.50. The zero-order valence-electron chi connectivity index (χ0n) is 21.9. The molecule has 3 rings (SSSR count). The van der Waals surface area contributed by atoms with E-state index in [1.54, 1.807) is 6.07 Å². The molecule has 2 aromatic rings. The van der Waals surface area contributed by atoms with E-state index < -0.39 is 35.6 Å². The molecule has 1 unspecified atom stereocenters. The monoisotopic (exact) mass is 546 g/mol. The number of ether oxygens (including phenoxy) is 3. The summed E-state index contributed by atoms with van der Waals surface area (Å²) in [5, 5.41) is 2.90. The number of nitrogens with zero attached hydrogens (tertiary/aromatic N) is 1. The van der Waals surface area contributed by atoms with Crippen molar-refractivity contribution in [3.05, 3.63) is 88.0 Å². The van der Waals surface area contributed by atoms with Crippen molar-refractivity contribution in [2.24, 2.45) is 5.92 Å². The van der Waals surface area contributed by atoms with Gasteiger partial charge in [-0.05, 0) is 43.5 Å². The Morgan fingerprint density at radius 2 is 1.49 bits per heavy atom. The van der Waals surface area contributed by atoms with E-state index >= 15 is 0 Å². The number of alkyl halides is 3. The molecule has 1 N–H and O–H groups in total. The molecule has 0 saturated carbocycles. The van der Waals surface area contributed by atoms with Crippen LogP contribution in [-0.4, -0.2) is 42.7 Å².